The molecule has 2 aromatic carbocycles. The molecule has 3 heteroatoms. The third-order valence-corrected chi connectivity index (χ3v) is 6.77. The highest BCUT2D eigenvalue weighted by Gasteiger charge is 2.17. The van der Waals surface area contributed by atoms with Crippen molar-refractivity contribution in [1.29, 1.82) is 0 Å². The number of ether oxygens (including phenoxy) is 1. The van der Waals surface area contributed by atoms with E-state index in [0.29, 0.717) is 24.3 Å². The molecule has 1 heterocycles. The van der Waals surface area contributed by atoms with Gasteiger partial charge in [0, 0.05) is 17.4 Å². The minimum atomic E-state index is -0.250. The molecule has 0 bridgehead atoms. The molecule has 3 nitrogen and oxygen atoms in total. The first-order chi connectivity index (χ1) is 16.8. The molecule has 3 aromatic rings. The Morgan fingerprint density at radius 1 is 0.857 bits per heavy atom. The molecule has 0 fully saturated rings. The van der Waals surface area contributed by atoms with Gasteiger partial charge in [-0.3, -0.25) is 0 Å². The SMILES string of the molecule is CCOC(=O)c1cc2ccc(CCCCCCCCCC(C)(C)C)cc2n1Cc1cccc(C)c1. The second kappa shape index (κ2) is 13.0. The molecule has 0 aliphatic carbocycles. The van der Waals surface area contributed by atoms with Crippen molar-refractivity contribution in [2.45, 2.75) is 99.0 Å². The Kier molecular flexibility index (Phi) is 10.0. The van der Waals surface area contributed by atoms with Crippen LogP contribution in [0.15, 0.2) is 48.5 Å². The van der Waals surface area contributed by atoms with Gasteiger partial charge >= 0.3 is 5.97 Å². The number of aromatic nitrogens is 1. The van der Waals surface area contributed by atoms with Crippen molar-refractivity contribution < 1.29 is 9.53 Å². The second-order valence-corrected chi connectivity index (χ2v) is 11.3. The second-order valence-electron chi connectivity index (χ2n) is 11.3. The maximum absolute atomic E-state index is 12.7. The fourth-order valence-electron chi connectivity index (χ4n) is 4.86. The molecule has 0 saturated carbocycles. The van der Waals surface area contributed by atoms with Gasteiger partial charge in [0.15, 0.2) is 0 Å². The predicted octanol–water partition coefficient (Wildman–Crippen LogP) is 8.88. The number of hydrogen-bond donors (Lipinski definition) is 0. The lowest BCUT2D eigenvalue weighted by molar-refractivity contribution is 0.0515. The topological polar surface area (TPSA) is 31.2 Å². The molecule has 3 rings (SSSR count). The highest BCUT2D eigenvalue weighted by molar-refractivity contribution is 5.96. The summed E-state index contributed by atoms with van der Waals surface area (Å²) in [7, 11) is 0. The van der Waals surface area contributed by atoms with Crippen molar-refractivity contribution in [2.24, 2.45) is 5.41 Å². The molecule has 0 aliphatic heterocycles. The average molecular weight is 476 g/mol. The van der Waals surface area contributed by atoms with Gasteiger partial charge in [0.25, 0.3) is 0 Å². The molecule has 0 unspecified atom stereocenters. The standard InChI is InChI=1S/C32H45NO2/c1-6-35-31(34)30-23-28-19-18-26(16-12-10-8-7-9-11-13-20-32(3,4)5)22-29(28)33(30)24-27-17-14-15-25(2)21-27/h14-15,17-19,21-23H,6-13,16,20,24H2,1-5H3. The minimum Gasteiger partial charge on any atom is -0.461 e. The third kappa shape index (κ3) is 8.56. The molecule has 0 spiro atoms. The zero-order chi connectivity index (χ0) is 25.3. The first-order valence-corrected chi connectivity index (χ1v) is 13.6. The van der Waals surface area contributed by atoms with E-state index in [9.17, 15) is 4.79 Å². The lowest BCUT2D eigenvalue weighted by atomic mass is 9.89. The number of hydrogen-bond acceptors (Lipinski definition) is 2. The van der Waals surface area contributed by atoms with Crippen LogP contribution < -0.4 is 0 Å². The van der Waals surface area contributed by atoms with Gasteiger partial charge in [0.2, 0.25) is 0 Å². The van der Waals surface area contributed by atoms with Crippen LogP contribution >= 0.6 is 0 Å². The average Bonchev–Trinajstić information content (AvgIpc) is 3.15. The third-order valence-electron chi connectivity index (χ3n) is 6.77. The van der Waals surface area contributed by atoms with E-state index in [1.807, 2.05) is 13.0 Å². The Morgan fingerprint density at radius 2 is 1.57 bits per heavy atom. The summed E-state index contributed by atoms with van der Waals surface area (Å²) < 4.78 is 7.50. The van der Waals surface area contributed by atoms with E-state index in [2.05, 4.69) is 74.7 Å². The Balaban J connectivity index is 1.61. The van der Waals surface area contributed by atoms with Crippen LogP contribution in [0.4, 0.5) is 0 Å². The van der Waals surface area contributed by atoms with Crippen molar-refractivity contribution in [3.05, 3.63) is 70.9 Å². The largest absolute Gasteiger partial charge is 0.461 e. The van der Waals surface area contributed by atoms with Crippen LogP contribution in [-0.4, -0.2) is 17.1 Å². The number of nitrogens with zero attached hydrogens (tertiary/aromatic N) is 1. The highest BCUT2D eigenvalue weighted by atomic mass is 16.5. The smallest absolute Gasteiger partial charge is 0.354 e. The van der Waals surface area contributed by atoms with Crippen LogP contribution in [0.25, 0.3) is 10.9 Å². The van der Waals surface area contributed by atoms with E-state index in [0.717, 1.165) is 17.3 Å². The van der Waals surface area contributed by atoms with E-state index >= 15 is 0 Å². The predicted molar refractivity (Wildman–Crippen MR) is 148 cm³/mol. The lowest BCUT2D eigenvalue weighted by Gasteiger charge is -2.17. The van der Waals surface area contributed by atoms with Crippen molar-refractivity contribution in [2.75, 3.05) is 6.61 Å². The molecule has 0 saturated heterocycles. The molecule has 0 atom stereocenters. The number of benzene rings is 2. The molecule has 0 N–H and O–H groups in total. The Morgan fingerprint density at radius 3 is 2.26 bits per heavy atom. The quantitative estimate of drug-likeness (QED) is 0.182. The Bertz CT molecular complexity index is 1090. The fraction of sp³-hybridized carbons (Fsp3) is 0.531. The van der Waals surface area contributed by atoms with Crippen molar-refractivity contribution in [1.82, 2.24) is 4.57 Å². The number of carbonyl (C=O) groups excluding carboxylic acids is 1. The number of unbranched alkanes of at least 4 members (excludes halogenated alkanes) is 6. The first-order valence-electron chi connectivity index (χ1n) is 13.6. The van der Waals surface area contributed by atoms with E-state index in [4.69, 9.17) is 4.74 Å². The van der Waals surface area contributed by atoms with E-state index in [-0.39, 0.29) is 5.97 Å². The van der Waals surface area contributed by atoms with Crippen molar-refractivity contribution in [3.8, 4) is 0 Å². The number of fused-ring (bicyclic) bond motifs is 1. The van der Waals surface area contributed by atoms with Gasteiger partial charge in [-0.1, -0.05) is 101 Å². The minimum absolute atomic E-state index is 0.250. The summed E-state index contributed by atoms with van der Waals surface area (Å²) in [4.78, 5) is 12.7. The van der Waals surface area contributed by atoms with Gasteiger partial charge in [-0.05, 0) is 61.8 Å². The molecule has 0 aliphatic rings. The molecule has 1 aromatic heterocycles. The normalized spacial score (nSPS) is 11.8. The summed E-state index contributed by atoms with van der Waals surface area (Å²) in [5.41, 5.74) is 5.99. The highest BCUT2D eigenvalue weighted by Crippen LogP contribution is 2.25. The zero-order valence-electron chi connectivity index (χ0n) is 22.7. The summed E-state index contributed by atoms with van der Waals surface area (Å²) in [6.07, 6.45) is 11.7. The van der Waals surface area contributed by atoms with Crippen LogP contribution in [0.5, 0.6) is 0 Å². The molecular formula is C32H45NO2. The van der Waals surface area contributed by atoms with Gasteiger partial charge in [-0.25, -0.2) is 4.79 Å². The van der Waals surface area contributed by atoms with Gasteiger partial charge < -0.3 is 9.30 Å². The first kappa shape index (κ1) is 27.0. The Labute approximate surface area is 212 Å². The van der Waals surface area contributed by atoms with Crippen LogP contribution in [-0.2, 0) is 17.7 Å². The van der Waals surface area contributed by atoms with Crippen LogP contribution in [0.1, 0.15) is 106 Å². The molecule has 0 amide bonds. The van der Waals surface area contributed by atoms with Gasteiger partial charge in [0.1, 0.15) is 5.69 Å². The maximum Gasteiger partial charge on any atom is 0.354 e. The lowest BCUT2D eigenvalue weighted by Crippen LogP contribution is -2.13. The van der Waals surface area contributed by atoms with Crippen LogP contribution in [0.2, 0.25) is 0 Å². The Hall–Kier alpha value is -2.55. The number of rotatable bonds is 13. The summed E-state index contributed by atoms with van der Waals surface area (Å²) in [6, 6.07) is 17.1. The molecular weight excluding hydrogens is 430 g/mol. The van der Waals surface area contributed by atoms with Crippen LogP contribution in [0, 0.1) is 12.3 Å². The van der Waals surface area contributed by atoms with Gasteiger partial charge in [-0.15, -0.1) is 0 Å². The van der Waals surface area contributed by atoms with E-state index in [1.165, 1.54) is 68.1 Å². The maximum atomic E-state index is 12.7. The summed E-state index contributed by atoms with van der Waals surface area (Å²) in [5, 5.41) is 1.10. The van der Waals surface area contributed by atoms with Gasteiger partial charge in [0.05, 0.1) is 6.61 Å². The van der Waals surface area contributed by atoms with E-state index < -0.39 is 0 Å². The number of aryl methyl sites for hydroxylation is 2. The van der Waals surface area contributed by atoms with E-state index in [1.54, 1.807) is 0 Å². The van der Waals surface area contributed by atoms with Crippen LogP contribution in [0.3, 0.4) is 0 Å². The summed E-state index contributed by atoms with van der Waals surface area (Å²) >= 11 is 0. The zero-order valence-corrected chi connectivity index (χ0v) is 22.7. The number of carbonyl (C=O) groups is 1. The van der Waals surface area contributed by atoms with Crippen molar-refractivity contribution in [3.63, 3.8) is 0 Å². The molecule has 35 heavy (non-hydrogen) atoms. The van der Waals surface area contributed by atoms with Gasteiger partial charge in [-0.2, -0.15) is 0 Å². The van der Waals surface area contributed by atoms with Crippen molar-refractivity contribution >= 4 is 16.9 Å². The molecule has 0 radical (unpaired) electrons. The summed E-state index contributed by atoms with van der Waals surface area (Å²) in [5.74, 6) is -0.250. The monoisotopic (exact) mass is 475 g/mol. The fourth-order valence-corrected chi connectivity index (χ4v) is 4.86. The molecule has 190 valence electrons. The number of esters is 1. The summed E-state index contributed by atoms with van der Waals surface area (Å²) in [6.45, 7) is 12.0.